The van der Waals surface area contributed by atoms with Crippen LogP contribution in [0.3, 0.4) is 0 Å². The van der Waals surface area contributed by atoms with Crippen molar-refractivity contribution < 1.29 is 0 Å². The summed E-state index contributed by atoms with van der Waals surface area (Å²) in [6, 6.07) is 0. The van der Waals surface area contributed by atoms with Crippen molar-refractivity contribution >= 4 is 0 Å². The van der Waals surface area contributed by atoms with Gasteiger partial charge in [0.05, 0.1) is 5.70 Å². The van der Waals surface area contributed by atoms with Gasteiger partial charge in [-0.05, 0) is 42.7 Å². The summed E-state index contributed by atoms with van der Waals surface area (Å²) in [5.41, 5.74) is 3.91. The number of allylic oxidation sites excluding steroid dienone is 9. The van der Waals surface area contributed by atoms with Crippen LogP contribution in [-0.2, 0) is 0 Å². The van der Waals surface area contributed by atoms with Crippen LogP contribution in [0.5, 0.6) is 0 Å². The third kappa shape index (κ3) is 2.50. The van der Waals surface area contributed by atoms with E-state index in [9.17, 15) is 0 Å². The summed E-state index contributed by atoms with van der Waals surface area (Å²) in [5, 5.41) is 0. The van der Waals surface area contributed by atoms with Crippen LogP contribution in [0.2, 0.25) is 0 Å². The van der Waals surface area contributed by atoms with E-state index in [0.717, 1.165) is 12.2 Å². The van der Waals surface area contributed by atoms with Gasteiger partial charge in [0.25, 0.3) is 0 Å². The lowest BCUT2D eigenvalue weighted by Crippen LogP contribution is -2.28. The molecule has 0 bridgehead atoms. The molecule has 4 heterocycles. The molecular formula is C20H21N2. The predicted molar refractivity (Wildman–Crippen MR) is 90.2 cm³/mol. The minimum absolute atomic E-state index is 0.462. The van der Waals surface area contributed by atoms with Crippen LogP contribution < -0.4 is 0 Å². The fraction of sp³-hybridized carbons (Fsp3) is 0.300. The molecular weight excluding hydrogens is 268 g/mol. The second kappa shape index (κ2) is 5.88. The first-order valence-corrected chi connectivity index (χ1v) is 8.19. The summed E-state index contributed by atoms with van der Waals surface area (Å²) in [4.78, 5) is 4.67. The molecule has 1 atom stereocenters. The summed E-state index contributed by atoms with van der Waals surface area (Å²) in [6.45, 7) is 2.23. The Bertz CT molecular complexity index is 655. The molecule has 2 heteroatoms. The van der Waals surface area contributed by atoms with Crippen LogP contribution in [0.25, 0.3) is 0 Å². The molecule has 0 N–H and O–H groups in total. The van der Waals surface area contributed by atoms with Gasteiger partial charge in [-0.1, -0.05) is 30.7 Å². The Morgan fingerprint density at radius 1 is 1.00 bits per heavy atom. The van der Waals surface area contributed by atoms with Crippen LogP contribution in [0.4, 0.5) is 0 Å². The molecule has 2 nitrogen and oxygen atoms in total. The Balaban J connectivity index is 1.70. The van der Waals surface area contributed by atoms with Gasteiger partial charge in [0.2, 0.25) is 0 Å². The summed E-state index contributed by atoms with van der Waals surface area (Å²) in [7, 11) is 0. The van der Waals surface area contributed by atoms with Crippen LogP contribution in [0.15, 0.2) is 78.0 Å². The first kappa shape index (κ1) is 13.4. The number of hydrogen-bond donors (Lipinski definition) is 0. The fourth-order valence-corrected chi connectivity index (χ4v) is 3.56. The van der Waals surface area contributed by atoms with E-state index in [2.05, 4.69) is 76.9 Å². The van der Waals surface area contributed by atoms with Gasteiger partial charge >= 0.3 is 0 Å². The first-order chi connectivity index (χ1) is 10.9. The second-order valence-corrected chi connectivity index (χ2v) is 6.10. The zero-order chi connectivity index (χ0) is 14.8. The van der Waals surface area contributed by atoms with E-state index in [1.54, 1.807) is 0 Å². The van der Waals surface area contributed by atoms with Gasteiger partial charge in [-0.15, -0.1) is 0 Å². The average Bonchev–Trinajstić information content (AvgIpc) is 2.90. The van der Waals surface area contributed by atoms with Crippen molar-refractivity contribution in [2.24, 2.45) is 5.92 Å². The molecule has 0 amide bonds. The molecule has 0 saturated carbocycles. The van der Waals surface area contributed by atoms with Crippen LogP contribution in [0, 0.1) is 12.0 Å². The van der Waals surface area contributed by atoms with Gasteiger partial charge in [0.1, 0.15) is 0 Å². The van der Waals surface area contributed by atoms with Gasteiger partial charge in [-0.25, -0.2) is 0 Å². The number of nitrogens with zero attached hydrogens (tertiary/aromatic N) is 2. The number of rotatable bonds is 1. The van der Waals surface area contributed by atoms with E-state index >= 15 is 0 Å². The topological polar surface area (TPSA) is 6.48 Å². The van der Waals surface area contributed by atoms with E-state index in [1.807, 2.05) is 0 Å². The zero-order valence-electron chi connectivity index (χ0n) is 12.8. The molecule has 0 aromatic heterocycles. The molecule has 22 heavy (non-hydrogen) atoms. The molecule has 0 aromatic rings. The van der Waals surface area contributed by atoms with Crippen molar-refractivity contribution in [1.29, 1.82) is 0 Å². The maximum absolute atomic E-state index is 3.66. The number of fused-ring (bicyclic) bond motifs is 2. The van der Waals surface area contributed by atoms with E-state index in [-0.39, 0.29) is 0 Å². The lowest BCUT2D eigenvalue weighted by Gasteiger charge is -2.31. The smallest absolute Gasteiger partial charge is 0.0531 e. The standard InChI is InChI=1S/C20H21N2/c1-4-12-21-15-7-8-17(16-18(21)9-1)19-10-2-5-13-22-14-6-3-11-20(19)22/h1,3-4,6-9,11-12,15,19H,2,5,10,13-14H2. The van der Waals surface area contributed by atoms with Gasteiger partial charge in [-0.3, -0.25) is 0 Å². The van der Waals surface area contributed by atoms with Crippen molar-refractivity contribution in [2.75, 3.05) is 13.1 Å². The Morgan fingerprint density at radius 2 is 1.95 bits per heavy atom. The number of hydrogen-bond acceptors (Lipinski definition) is 2. The Labute approximate surface area is 132 Å². The third-order valence-corrected chi connectivity index (χ3v) is 4.68. The van der Waals surface area contributed by atoms with Crippen molar-refractivity contribution in [3.05, 3.63) is 84.1 Å². The van der Waals surface area contributed by atoms with E-state index < -0.39 is 0 Å². The van der Waals surface area contributed by atoms with Gasteiger partial charge < -0.3 is 9.80 Å². The molecule has 1 unspecified atom stereocenters. The molecule has 0 spiro atoms. The molecule has 1 radical (unpaired) electrons. The molecule has 0 aromatic carbocycles. The van der Waals surface area contributed by atoms with Crippen molar-refractivity contribution in [3.8, 4) is 0 Å². The summed E-state index contributed by atoms with van der Waals surface area (Å²) in [6.07, 6.45) is 29.1. The van der Waals surface area contributed by atoms with E-state index in [0.29, 0.717) is 5.92 Å². The Kier molecular flexibility index (Phi) is 3.59. The van der Waals surface area contributed by atoms with Crippen molar-refractivity contribution in [2.45, 2.75) is 19.3 Å². The van der Waals surface area contributed by atoms with Crippen LogP contribution in [0.1, 0.15) is 19.3 Å². The van der Waals surface area contributed by atoms with Crippen molar-refractivity contribution in [1.82, 2.24) is 9.80 Å². The highest BCUT2D eigenvalue weighted by Gasteiger charge is 2.26. The monoisotopic (exact) mass is 289 g/mol. The largest absolute Gasteiger partial charge is 0.371 e. The zero-order valence-corrected chi connectivity index (χ0v) is 12.8. The molecule has 0 aliphatic carbocycles. The maximum atomic E-state index is 3.66. The summed E-state index contributed by atoms with van der Waals surface area (Å²) >= 11 is 0. The Morgan fingerprint density at radius 3 is 2.95 bits per heavy atom. The first-order valence-electron chi connectivity index (χ1n) is 8.19. The molecule has 4 rings (SSSR count). The highest BCUT2D eigenvalue weighted by atomic mass is 15.1. The lowest BCUT2D eigenvalue weighted by atomic mass is 9.89. The molecule has 1 saturated heterocycles. The molecule has 4 aliphatic rings. The van der Waals surface area contributed by atoms with E-state index in [4.69, 9.17) is 0 Å². The maximum Gasteiger partial charge on any atom is 0.0531 e. The quantitative estimate of drug-likeness (QED) is 0.718. The third-order valence-electron chi connectivity index (χ3n) is 4.68. The minimum Gasteiger partial charge on any atom is -0.371 e. The lowest BCUT2D eigenvalue weighted by molar-refractivity contribution is 0.359. The minimum atomic E-state index is 0.462. The Hall–Kier alpha value is -2.22. The average molecular weight is 289 g/mol. The van der Waals surface area contributed by atoms with E-state index in [1.165, 1.54) is 37.1 Å². The van der Waals surface area contributed by atoms with Crippen LogP contribution >= 0.6 is 0 Å². The van der Waals surface area contributed by atoms with Gasteiger partial charge in [0, 0.05) is 43.2 Å². The van der Waals surface area contributed by atoms with Crippen molar-refractivity contribution in [3.63, 3.8) is 0 Å². The normalized spacial score (nSPS) is 26.5. The van der Waals surface area contributed by atoms with Gasteiger partial charge in [0.15, 0.2) is 0 Å². The predicted octanol–water partition coefficient (Wildman–Crippen LogP) is 4.07. The highest BCUT2D eigenvalue weighted by Crippen LogP contribution is 2.35. The fourth-order valence-electron chi connectivity index (χ4n) is 3.56. The molecule has 4 aliphatic heterocycles. The SMILES string of the molecule is [C]1=C2C=CC=CN2C=CC=C1C1CCCCN2CC=CC=C12. The molecule has 111 valence electrons. The molecule has 1 fully saturated rings. The van der Waals surface area contributed by atoms with Crippen LogP contribution in [-0.4, -0.2) is 22.9 Å². The summed E-state index contributed by atoms with van der Waals surface area (Å²) < 4.78 is 0. The second-order valence-electron chi connectivity index (χ2n) is 6.10. The summed E-state index contributed by atoms with van der Waals surface area (Å²) in [5.74, 6) is 0.462. The highest BCUT2D eigenvalue weighted by molar-refractivity contribution is 5.40. The van der Waals surface area contributed by atoms with Gasteiger partial charge in [-0.2, -0.15) is 0 Å².